The fourth-order valence-corrected chi connectivity index (χ4v) is 3.40. The third kappa shape index (κ3) is 4.14. The normalized spacial score (nSPS) is 11.4. The van der Waals surface area contributed by atoms with Gasteiger partial charge in [0.1, 0.15) is 5.82 Å². The van der Waals surface area contributed by atoms with Crippen LogP contribution in [-0.4, -0.2) is 23.3 Å². The molecular formula is C22H24N4S. The van der Waals surface area contributed by atoms with Gasteiger partial charge in [-0.25, -0.2) is 4.98 Å². The molecule has 0 unspecified atom stereocenters. The number of benzene rings is 2. The highest BCUT2D eigenvalue weighted by atomic mass is 32.1. The lowest BCUT2D eigenvalue weighted by Crippen LogP contribution is -2.06. The van der Waals surface area contributed by atoms with Gasteiger partial charge in [-0.3, -0.25) is 4.99 Å². The molecule has 0 amide bonds. The zero-order valence-corrected chi connectivity index (χ0v) is 16.6. The highest BCUT2D eigenvalue weighted by Crippen LogP contribution is 2.28. The summed E-state index contributed by atoms with van der Waals surface area (Å²) in [5.74, 6) is 1.05. The van der Waals surface area contributed by atoms with Crippen LogP contribution in [0.25, 0.3) is 16.8 Å². The molecule has 0 atom stereocenters. The minimum Gasteiger partial charge on any atom is -0.386 e. The van der Waals surface area contributed by atoms with Gasteiger partial charge in [0.2, 0.25) is 0 Å². The van der Waals surface area contributed by atoms with Crippen LogP contribution in [0.15, 0.2) is 70.9 Å². The van der Waals surface area contributed by atoms with Crippen molar-refractivity contribution in [3.8, 4) is 11.1 Å². The van der Waals surface area contributed by atoms with Gasteiger partial charge in [-0.15, -0.1) is 12.6 Å². The lowest BCUT2D eigenvalue weighted by molar-refractivity contribution is 0.682. The van der Waals surface area contributed by atoms with Gasteiger partial charge in [-0.05, 0) is 23.4 Å². The van der Waals surface area contributed by atoms with E-state index in [0.29, 0.717) is 0 Å². The number of aryl methyl sites for hydroxylation is 1. The van der Waals surface area contributed by atoms with Gasteiger partial charge >= 0.3 is 0 Å². The molecule has 0 fully saturated rings. The number of rotatable bonds is 7. The average Bonchev–Trinajstić information content (AvgIpc) is 3.06. The molecular weight excluding hydrogens is 352 g/mol. The molecule has 0 aliphatic carbocycles. The minimum atomic E-state index is 0.770. The van der Waals surface area contributed by atoms with E-state index in [1.807, 2.05) is 25.4 Å². The maximum absolute atomic E-state index is 4.52. The van der Waals surface area contributed by atoms with Crippen molar-refractivity contribution in [2.45, 2.75) is 24.9 Å². The number of thiol groups is 1. The fourth-order valence-electron chi connectivity index (χ4n) is 3.16. The molecule has 27 heavy (non-hydrogen) atoms. The Kier molecular flexibility index (Phi) is 6.14. The van der Waals surface area contributed by atoms with Crippen LogP contribution < -0.4 is 5.32 Å². The van der Waals surface area contributed by atoms with E-state index in [9.17, 15) is 0 Å². The monoisotopic (exact) mass is 376 g/mol. The van der Waals surface area contributed by atoms with Crippen LogP contribution in [0.5, 0.6) is 0 Å². The second-order valence-electron chi connectivity index (χ2n) is 6.19. The number of hydrogen-bond donors (Lipinski definition) is 2. The highest BCUT2D eigenvalue weighted by molar-refractivity contribution is 7.80. The molecule has 3 rings (SSSR count). The summed E-state index contributed by atoms with van der Waals surface area (Å²) < 4.78 is 2.14. The van der Waals surface area contributed by atoms with Gasteiger partial charge in [0.05, 0.1) is 16.9 Å². The fraction of sp³-hybridized carbons (Fsp3) is 0.182. The highest BCUT2D eigenvalue weighted by Gasteiger charge is 2.10. The summed E-state index contributed by atoms with van der Waals surface area (Å²) in [6, 6.07) is 16.9. The van der Waals surface area contributed by atoms with E-state index < -0.39 is 0 Å². The third-order valence-corrected chi connectivity index (χ3v) is 4.90. The molecule has 1 heterocycles. The van der Waals surface area contributed by atoms with Crippen molar-refractivity contribution in [3.63, 3.8) is 0 Å². The number of nitrogens with one attached hydrogen (secondary N) is 1. The first-order chi connectivity index (χ1) is 13.2. The van der Waals surface area contributed by atoms with Crippen molar-refractivity contribution in [2.24, 2.45) is 4.99 Å². The molecule has 0 spiro atoms. The molecule has 1 aromatic heterocycles. The summed E-state index contributed by atoms with van der Waals surface area (Å²) in [6.07, 6.45) is 4.45. The van der Waals surface area contributed by atoms with Gasteiger partial charge in [-0.2, -0.15) is 0 Å². The molecule has 5 heteroatoms. The number of aliphatic imine (C=N–C) groups is 1. The Balaban J connectivity index is 1.92. The maximum atomic E-state index is 4.52. The van der Waals surface area contributed by atoms with Crippen molar-refractivity contribution >= 4 is 25.0 Å². The van der Waals surface area contributed by atoms with Crippen LogP contribution >= 0.6 is 12.6 Å². The molecule has 0 aliphatic rings. The van der Waals surface area contributed by atoms with Crippen LogP contribution in [0.3, 0.4) is 0 Å². The lowest BCUT2D eigenvalue weighted by atomic mass is 9.97. The average molecular weight is 377 g/mol. The van der Waals surface area contributed by atoms with Gasteiger partial charge in [-0.1, -0.05) is 55.5 Å². The quantitative estimate of drug-likeness (QED) is 0.465. The number of nitrogens with zero attached hydrogens (tertiary/aromatic N) is 3. The van der Waals surface area contributed by atoms with Crippen molar-refractivity contribution in [1.82, 2.24) is 14.9 Å². The minimum absolute atomic E-state index is 0.770. The van der Waals surface area contributed by atoms with Gasteiger partial charge in [0.15, 0.2) is 0 Å². The Morgan fingerprint density at radius 3 is 2.63 bits per heavy atom. The summed E-state index contributed by atoms with van der Waals surface area (Å²) >= 11 is 4.52. The van der Waals surface area contributed by atoms with Gasteiger partial charge in [0, 0.05) is 31.8 Å². The summed E-state index contributed by atoms with van der Waals surface area (Å²) in [6.45, 7) is 6.44. The SMILES string of the molecule is C=N/C=C(\NC)c1ccccc1-c1ccc(Cn2c(S)cnc2CC)cc1. The number of aromatic nitrogens is 2. The Morgan fingerprint density at radius 2 is 1.96 bits per heavy atom. The second kappa shape index (κ2) is 8.73. The second-order valence-corrected chi connectivity index (χ2v) is 6.65. The van der Waals surface area contributed by atoms with Crippen LogP contribution in [0.1, 0.15) is 23.9 Å². The van der Waals surface area contributed by atoms with Crippen LogP contribution in [0.2, 0.25) is 0 Å². The Morgan fingerprint density at radius 1 is 1.22 bits per heavy atom. The first-order valence-electron chi connectivity index (χ1n) is 8.93. The van der Waals surface area contributed by atoms with E-state index in [-0.39, 0.29) is 0 Å². The molecule has 138 valence electrons. The summed E-state index contributed by atoms with van der Waals surface area (Å²) in [5, 5.41) is 4.09. The van der Waals surface area contributed by atoms with E-state index >= 15 is 0 Å². The molecule has 0 saturated heterocycles. The Labute approximate surface area is 166 Å². The standard InChI is InChI=1S/C22H24N4S/c1-4-21-25-14-22(27)26(21)15-16-9-11-17(12-10-16)18-7-5-6-8-19(18)20(24-3)13-23-2/h5-14,24,27H,2,4,15H2,1,3H3/b20-13-. The van der Waals surface area contributed by atoms with E-state index in [1.54, 1.807) is 6.20 Å². The van der Waals surface area contributed by atoms with E-state index in [1.165, 1.54) is 5.56 Å². The first-order valence-corrected chi connectivity index (χ1v) is 9.38. The van der Waals surface area contributed by atoms with Crippen LogP contribution in [-0.2, 0) is 13.0 Å². The molecule has 0 saturated carbocycles. The van der Waals surface area contributed by atoms with E-state index in [0.717, 1.165) is 46.2 Å². The first kappa shape index (κ1) is 19.0. The van der Waals surface area contributed by atoms with Gasteiger partial charge in [0.25, 0.3) is 0 Å². The molecule has 0 radical (unpaired) electrons. The van der Waals surface area contributed by atoms with Crippen molar-refractivity contribution in [1.29, 1.82) is 0 Å². The third-order valence-electron chi connectivity index (χ3n) is 4.55. The molecule has 3 aromatic rings. The summed E-state index contributed by atoms with van der Waals surface area (Å²) in [4.78, 5) is 8.32. The largest absolute Gasteiger partial charge is 0.386 e. The number of imidazole rings is 1. The predicted octanol–water partition coefficient (Wildman–Crippen LogP) is 4.67. The molecule has 0 bridgehead atoms. The lowest BCUT2D eigenvalue weighted by Gasteiger charge is -2.14. The Hall–Kier alpha value is -2.79. The maximum Gasteiger partial charge on any atom is 0.109 e. The Bertz CT molecular complexity index is 955. The molecule has 2 aromatic carbocycles. The summed E-state index contributed by atoms with van der Waals surface area (Å²) in [5.41, 5.74) is 5.57. The zero-order chi connectivity index (χ0) is 19.2. The van der Waals surface area contributed by atoms with E-state index in [4.69, 9.17) is 0 Å². The van der Waals surface area contributed by atoms with Gasteiger partial charge < -0.3 is 9.88 Å². The predicted molar refractivity (Wildman–Crippen MR) is 116 cm³/mol. The molecule has 0 aliphatic heterocycles. The van der Waals surface area contributed by atoms with Crippen molar-refractivity contribution in [3.05, 3.63) is 77.9 Å². The van der Waals surface area contributed by atoms with Crippen molar-refractivity contribution < 1.29 is 0 Å². The number of hydrogen-bond acceptors (Lipinski definition) is 4. The smallest absolute Gasteiger partial charge is 0.109 e. The summed E-state index contributed by atoms with van der Waals surface area (Å²) in [7, 11) is 1.89. The topological polar surface area (TPSA) is 42.2 Å². The van der Waals surface area contributed by atoms with Crippen LogP contribution in [0, 0.1) is 0 Å². The molecule has 1 N–H and O–H groups in total. The van der Waals surface area contributed by atoms with E-state index in [2.05, 4.69) is 82.5 Å². The van der Waals surface area contributed by atoms with Crippen molar-refractivity contribution in [2.75, 3.05) is 7.05 Å². The van der Waals surface area contributed by atoms with Crippen LogP contribution in [0.4, 0.5) is 0 Å². The zero-order valence-electron chi connectivity index (χ0n) is 15.7. The molecule has 4 nitrogen and oxygen atoms in total.